The molecule has 1 amide bonds. The van der Waals surface area contributed by atoms with E-state index in [-0.39, 0.29) is 5.91 Å². The summed E-state index contributed by atoms with van der Waals surface area (Å²) in [5.41, 5.74) is 7.06. The van der Waals surface area contributed by atoms with Crippen molar-refractivity contribution in [2.24, 2.45) is 5.92 Å². The van der Waals surface area contributed by atoms with E-state index in [9.17, 15) is 4.79 Å². The van der Waals surface area contributed by atoms with Crippen LogP contribution in [0.1, 0.15) is 39.0 Å². The highest BCUT2D eigenvalue weighted by atomic mass is 16.5. The minimum Gasteiger partial charge on any atom is -0.399 e. The van der Waals surface area contributed by atoms with Crippen LogP contribution in [0.5, 0.6) is 0 Å². The summed E-state index contributed by atoms with van der Waals surface area (Å²) in [6.45, 7) is 2.77. The molecule has 1 aliphatic carbocycles. The van der Waals surface area contributed by atoms with E-state index in [0.29, 0.717) is 24.8 Å². The number of nitrogens with one attached hydrogen (secondary N) is 1. The molecule has 110 valence electrons. The van der Waals surface area contributed by atoms with Crippen LogP contribution in [0.2, 0.25) is 0 Å². The molecule has 0 radical (unpaired) electrons. The second-order valence-corrected chi connectivity index (χ2v) is 5.68. The van der Waals surface area contributed by atoms with Gasteiger partial charge in [-0.05, 0) is 43.0 Å². The first-order chi connectivity index (χ1) is 9.63. The van der Waals surface area contributed by atoms with E-state index in [2.05, 4.69) is 12.2 Å². The maximum atomic E-state index is 11.8. The number of nitrogen functional groups attached to an aromatic ring is 1. The third-order valence-corrected chi connectivity index (χ3v) is 3.77. The summed E-state index contributed by atoms with van der Waals surface area (Å²) >= 11 is 0. The molecule has 2 unspecified atom stereocenters. The van der Waals surface area contributed by atoms with Crippen LogP contribution < -0.4 is 11.1 Å². The second kappa shape index (κ2) is 7.29. The summed E-state index contributed by atoms with van der Waals surface area (Å²) in [4.78, 5) is 11.8. The Morgan fingerprint density at radius 2 is 2.10 bits per heavy atom. The Bertz CT molecular complexity index is 431. The molecule has 0 spiro atoms. The molecule has 1 fully saturated rings. The SMILES string of the molecule is CC1CCCC(OCCC(=O)Nc2ccc(N)cc2)C1. The van der Waals surface area contributed by atoms with Gasteiger partial charge in [-0.3, -0.25) is 4.79 Å². The van der Waals surface area contributed by atoms with Crippen LogP contribution in [0, 0.1) is 5.92 Å². The lowest BCUT2D eigenvalue weighted by molar-refractivity contribution is -0.117. The largest absolute Gasteiger partial charge is 0.399 e. The molecule has 2 rings (SSSR count). The van der Waals surface area contributed by atoms with E-state index in [0.717, 1.165) is 24.4 Å². The average molecular weight is 276 g/mol. The number of carbonyl (C=O) groups excluding carboxylic acids is 1. The topological polar surface area (TPSA) is 64.3 Å². The Kier molecular flexibility index (Phi) is 5.41. The van der Waals surface area contributed by atoms with Crippen LogP contribution in [0.4, 0.5) is 11.4 Å². The first-order valence-corrected chi connectivity index (χ1v) is 7.40. The summed E-state index contributed by atoms with van der Waals surface area (Å²) in [7, 11) is 0. The van der Waals surface area contributed by atoms with E-state index in [1.165, 1.54) is 12.8 Å². The van der Waals surface area contributed by atoms with E-state index in [1.807, 2.05) is 0 Å². The van der Waals surface area contributed by atoms with E-state index >= 15 is 0 Å². The van der Waals surface area contributed by atoms with Crippen molar-refractivity contribution >= 4 is 17.3 Å². The Morgan fingerprint density at radius 3 is 2.80 bits per heavy atom. The smallest absolute Gasteiger partial charge is 0.226 e. The molecular formula is C16H24N2O2. The monoisotopic (exact) mass is 276 g/mol. The van der Waals surface area contributed by atoms with Crippen LogP contribution in [-0.4, -0.2) is 18.6 Å². The Labute approximate surface area is 120 Å². The van der Waals surface area contributed by atoms with E-state index in [4.69, 9.17) is 10.5 Å². The molecule has 2 atom stereocenters. The number of anilines is 2. The number of benzene rings is 1. The predicted molar refractivity (Wildman–Crippen MR) is 81.5 cm³/mol. The fourth-order valence-electron chi connectivity index (χ4n) is 2.64. The highest BCUT2D eigenvalue weighted by Gasteiger charge is 2.19. The van der Waals surface area contributed by atoms with Gasteiger partial charge in [0.15, 0.2) is 0 Å². The second-order valence-electron chi connectivity index (χ2n) is 5.68. The summed E-state index contributed by atoms with van der Waals surface area (Å²) in [5, 5.41) is 2.84. The molecule has 0 saturated heterocycles. The zero-order valence-electron chi connectivity index (χ0n) is 12.1. The lowest BCUT2D eigenvalue weighted by Crippen LogP contribution is -2.23. The van der Waals surface area contributed by atoms with Crippen LogP contribution in [0.25, 0.3) is 0 Å². The minimum absolute atomic E-state index is 0.0152. The molecule has 1 aromatic carbocycles. The van der Waals surface area contributed by atoms with Crippen LogP contribution >= 0.6 is 0 Å². The summed E-state index contributed by atoms with van der Waals surface area (Å²) in [5.74, 6) is 0.732. The van der Waals surface area contributed by atoms with Crippen molar-refractivity contribution in [1.82, 2.24) is 0 Å². The lowest BCUT2D eigenvalue weighted by Gasteiger charge is -2.26. The van der Waals surface area contributed by atoms with Gasteiger partial charge < -0.3 is 15.8 Å². The molecule has 0 aliphatic heterocycles. The van der Waals surface area contributed by atoms with Gasteiger partial charge in [0.05, 0.1) is 19.1 Å². The number of nitrogens with two attached hydrogens (primary N) is 1. The first-order valence-electron chi connectivity index (χ1n) is 7.40. The van der Waals surface area contributed by atoms with E-state index in [1.54, 1.807) is 24.3 Å². The molecule has 4 heteroatoms. The molecular weight excluding hydrogens is 252 g/mol. The highest BCUT2D eigenvalue weighted by Crippen LogP contribution is 2.25. The average Bonchev–Trinajstić information content (AvgIpc) is 2.41. The highest BCUT2D eigenvalue weighted by molar-refractivity contribution is 5.90. The number of amides is 1. The Morgan fingerprint density at radius 1 is 1.35 bits per heavy atom. The van der Waals surface area contributed by atoms with Gasteiger partial charge in [0.1, 0.15) is 0 Å². The van der Waals surface area contributed by atoms with Crippen LogP contribution in [0.3, 0.4) is 0 Å². The fraction of sp³-hybridized carbons (Fsp3) is 0.562. The minimum atomic E-state index is -0.0152. The zero-order chi connectivity index (χ0) is 14.4. The molecule has 4 nitrogen and oxygen atoms in total. The van der Waals surface area contributed by atoms with Gasteiger partial charge in [0, 0.05) is 11.4 Å². The standard InChI is InChI=1S/C16H24N2O2/c1-12-3-2-4-15(11-12)20-10-9-16(19)18-14-7-5-13(17)6-8-14/h5-8,12,15H,2-4,9-11,17H2,1H3,(H,18,19). The third-order valence-electron chi connectivity index (χ3n) is 3.77. The first kappa shape index (κ1) is 14.9. The summed E-state index contributed by atoms with van der Waals surface area (Å²) in [6, 6.07) is 7.15. The fourth-order valence-corrected chi connectivity index (χ4v) is 2.64. The number of rotatable bonds is 5. The molecule has 0 aromatic heterocycles. The quantitative estimate of drug-likeness (QED) is 0.812. The van der Waals surface area contributed by atoms with Gasteiger partial charge in [0.2, 0.25) is 5.91 Å². The van der Waals surface area contributed by atoms with Crippen molar-refractivity contribution < 1.29 is 9.53 Å². The van der Waals surface area contributed by atoms with Crippen LogP contribution in [0.15, 0.2) is 24.3 Å². The molecule has 1 aliphatic rings. The number of carbonyl (C=O) groups is 1. The van der Waals surface area contributed by atoms with Gasteiger partial charge in [-0.2, -0.15) is 0 Å². The van der Waals surface area contributed by atoms with Gasteiger partial charge in [0.25, 0.3) is 0 Å². The third kappa shape index (κ3) is 4.85. The normalized spacial score (nSPS) is 22.4. The van der Waals surface area contributed by atoms with Crippen molar-refractivity contribution in [3.8, 4) is 0 Å². The molecule has 20 heavy (non-hydrogen) atoms. The maximum absolute atomic E-state index is 11.8. The molecule has 1 saturated carbocycles. The van der Waals surface area contributed by atoms with Gasteiger partial charge in [-0.25, -0.2) is 0 Å². The van der Waals surface area contributed by atoms with Gasteiger partial charge in [-0.1, -0.05) is 19.8 Å². The molecule has 1 aromatic rings. The lowest BCUT2D eigenvalue weighted by atomic mass is 9.89. The van der Waals surface area contributed by atoms with Crippen molar-refractivity contribution in [2.75, 3.05) is 17.7 Å². The zero-order valence-corrected chi connectivity index (χ0v) is 12.1. The van der Waals surface area contributed by atoms with Gasteiger partial charge in [-0.15, -0.1) is 0 Å². The summed E-state index contributed by atoms with van der Waals surface area (Å²) in [6.07, 6.45) is 5.53. The van der Waals surface area contributed by atoms with E-state index < -0.39 is 0 Å². The molecule has 0 heterocycles. The predicted octanol–water partition coefficient (Wildman–Crippen LogP) is 3.19. The number of hydrogen-bond acceptors (Lipinski definition) is 3. The van der Waals surface area contributed by atoms with Crippen molar-refractivity contribution in [2.45, 2.75) is 45.1 Å². The Balaban J connectivity index is 1.66. The number of ether oxygens (including phenoxy) is 1. The summed E-state index contributed by atoms with van der Waals surface area (Å²) < 4.78 is 5.80. The van der Waals surface area contributed by atoms with Crippen molar-refractivity contribution in [3.63, 3.8) is 0 Å². The van der Waals surface area contributed by atoms with Crippen LogP contribution in [-0.2, 0) is 9.53 Å². The number of hydrogen-bond donors (Lipinski definition) is 2. The Hall–Kier alpha value is -1.55. The van der Waals surface area contributed by atoms with Crippen molar-refractivity contribution in [3.05, 3.63) is 24.3 Å². The molecule has 3 N–H and O–H groups in total. The maximum Gasteiger partial charge on any atom is 0.226 e. The van der Waals surface area contributed by atoms with Gasteiger partial charge >= 0.3 is 0 Å². The molecule has 0 bridgehead atoms. The van der Waals surface area contributed by atoms with Crippen molar-refractivity contribution in [1.29, 1.82) is 0 Å².